The number of anilines is 1. The fourth-order valence-corrected chi connectivity index (χ4v) is 5.10. The summed E-state index contributed by atoms with van der Waals surface area (Å²) >= 11 is 6.52. The summed E-state index contributed by atoms with van der Waals surface area (Å²) in [6.45, 7) is 8.12. The van der Waals surface area contributed by atoms with Crippen molar-refractivity contribution in [3.63, 3.8) is 0 Å². The van der Waals surface area contributed by atoms with E-state index < -0.39 is 17.4 Å². The Kier molecular flexibility index (Phi) is 6.85. The van der Waals surface area contributed by atoms with Gasteiger partial charge in [-0.25, -0.2) is 13.5 Å². The largest absolute Gasteiger partial charge is 0.507 e. The molecule has 5 rings (SSSR count). The fourth-order valence-electron chi connectivity index (χ4n) is 4.82. The van der Waals surface area contributed by atoms with Crippen LogP contribution in [0.5, 0.6) is 17.6 Å². The summed E-state index contributed by atoms with van der Waals surface area (Å²) in [6, 6.07) is 6.08. The van der Waals surface area contributed by atoms with Gasteiger partial charge in [-0.3, -0.25) is 4.79 Å². The highest BCUT2D eigenvalue weighted by molar-refractivity contribution is 6.34. The van der Waals surface area contributed by atoms with Crippen molar-refractivity contribution in [2.24, 2.45) is 7.05 Å². The van der Waals surface area contributed by atoms with Crippen molar-refractivity contribution in [1.29, 1.82) is 0 Å². The smallest absolute Gasteiger partial charge is 0.325 e. The molecule has 0 aliphatic carbocycles. The number of hydrogen-bond acceptors (Lipinski definition) is 7. The van der Waals surface area contributed by atoms with Gasteiger partial charge in [0.1, 0.15) is 22.9 Å². The SMILES string of the molecule is C=CC(=O)N1C[C@H](C)N(c2nc(Oc3ccnn3C)nc3c(F)c(-c4c(O)cccc4F)c(Cl)cc23)C[C@H]1C. The molecule has 2 aromatic carbocycles. The number of fused-ring (bicyclic) bond motifs is 1. The number of amides is 1. The van der Waals surface area contributed by atoms with Gasteiger partial charge in [0.2, 0.25) is 11.8 Å². The molecule has 1 aliphatic heterocycles. The lowest BCUT2D eigenvalue weighted by Gasteiger charge is -2.44. The van der Waals surface area contributed by atoms with E-state index in [1.165, 1.54) is 35.2 Å². The van der Waals surface area contributed by atoms with Gasteiger partial charge in [-0.05, 0) is 38.1 Å². The average Bonchev–Trinajstić information content (AvgIpc) is 3.30. The lowest BCUT2D eigenvalue weighted by molar-refractivity contribution is -0.128. The van der Waals surface area contributed by atoms with E-state index in [1.54, 1.807) is 18.0 Å². The number of benzene rings is 2. The minimum Gasteiger partial charge on any atom is -0.507 e. The molecule has 1 amide bonds. The zero-order valence-electron chi connectivity index (χ0n) is 21.4. The summed E-state index contributed by atoms with van der Waals surface area (Å²) in [4.78, 5) is 24.9. The van der Waals surface area contributed by atoms with Crippen LogP contribution in [0.1, 0.15) is 13.8 Å². The van der Waals surface area contributed by atoms with E-state index in [4.69, 9.17) is 16.3 Å². The molecule has 4 aromatic rings. The van der Waals surface area contributed by atoms with Gasteiger partial charge in [-0.15, -0.1) is 0 Å². The fraction of sp³-hybridized carbons (Fsp3) is 0.259. The number of phenols is 1. The number of ether oxygens (including phenoxy) is 1. The summed E-state index contributed by atoms with van der Waals surface area (Å²) in [5, 5.41) is 14.5. The molecule has 1 saturated heterocycles. The maximum atomic E-state index is 16.2. The summed E-state index contributed by atoms with van der Waals surface area (Å²) in [7, 11) is 1.66. The molecule has 0 radical (unpaired) electrons. The number of aromatic hydroxyl groups is 1. The Labute approximate surface area is 227 Å². The van der Waals surface area contributed by atoms with Crippen LogP contribution in [0.15, 0.2) is 49.2 Å². The van der Waals surface area contributed by atoms with Crippen LogP contribution in [-0.4, -0.2) is 60.8 Å². The first kappa shape index (κ1) is 26.4. The molecule has 2 aromatic heterocycles. The maximum absolute atomic E-state index is 16.2. The van der Waals surface area contributed by atoms with E-state index in [1.807, 2.05) is 18.7 Å². The first-order valence-corrected chi connectivity index (χ1v) is 12.5. The van der Waals surface area contributed by atoms with Gasteiger partial charge < -0.3 is 19.6 Å². The molecule has 39 heavy (non-hydrogen) atoms. The van der Waals surface area contributed by atoms with Gasteiger partial charge in [0.05, 0.1) is 16.8 Å². The third-order valence-corrected chi connectivity index (χ3v) is 7.07. The Morgan fingerprint density at radius 3 is 2.62 bits per heavy atom. The number of halogens is 3. The van der Waals surface area contributed by atoms with Crippen LogP contribution in [0, 0.1) is 11.6 Å². The van der Waals surface area contributed by atoms with Crippen LogP contribution < -0.4 is 9.64 Å². The van der Waals surface area contributed by atoms with Crippen molar-refractivity contribution in [3.05, 3.63) is 65.8 Å². The van der Waals surface area contributed by atoms with Crippen molar-refractivity contribution in [1.82, 2.24) is 24.6 Å². The van der Waals surface area contributed by atoms with E-state index in [2.05, 4.69) is 21.6 Å². The number of phenolic OH excluding ortho intramolecular Hbond substituents is 1. The van der Waals surface area contributed by atoms with Gasteiger partial charge in [0.15, 0.2) is 5.82 Å². The zero-order chi connectivity index (χ0) is 28.0. The summed E-state index contributed by atoms with van der Waals surface area (Å²) in [5.41, 5.74) is -0.892. The second-order valence-corrected chi connectivity index (χ2v) is 9.75. The third-order valence-electron chi connectivity index (χ3n) is 6.77. The number of piperazine rings is 1. The number of aromatic nitrogens is 4. The lowest BCUT2D eigenvalue weighted by Crippen LogP contribution is -2.58. The Morgan fingerprint density at radius 2 is 1.95 bits per heavy atom. The monoisotopic (exact) mass is 554 g/mol. The van der Waals surface area contributed by atoms with E-state index in [0.29, 0.717) is 24.8 Å². The van der Waals surface area contributed by atoms with Crippen LogP contribution >= 0.6 is 11.6 Å². The lowest BCUT2D eigenvalue weighted by atomic mass is 10.0. The topological polar surface area (TPSA) is 96.6 Å². The molecule has 1 fully saturated rings. The van der Waals surface area contributed by atoms with Gasteiger partial charge in [0, 0.05) is 49.2 Å². The van der Waals surface area contributed by atoms with Crippen molar-refractivity contribution < 1.29 is 23.4 Å². The predicted molar refractivity (Wildman–Crippen MR) is 143 cm³/mol. The molecule has 0 bridgehead atoms. The molecular formula is C27H25ClF2N6O3. The second kappa shape index (κ2) is 10.1. The second-order valence-electron chi connectivity index (χ2n) is 9.35. The average molecular weight is 555 g/mol. The Bertz CT molecular complexity index is 1590. The number of hydrogen-bond donors (Lipinski definition) is 1. The zero-order valence-corrected chi connectivity index (χ0v) is 22.2. The standard InChI is InChI=1S/C27H25ClF2N6O3/c1-5-20(38)35-12-15(3)36(13-14(35)2)26-16-11-17(28)22(23-18(29)7-6-8-19(23)37)24(30)25(16)32-27(33-26)39-21-9-10-31-34(21)4/h5-11,14-15,37H,1,12-13H2,2-4H3/t14-,15+/m1/s1. The molecule has 2 atom stereocenters. The first-order chi connectivity index (χ1) is 18.6. The minimum atomic E-state index is -0.947. The van der Waals surface area contributed by atoms with Crippen molar-refractivity contribution in [3.8, 4) is 28.8 Å². The van der Waals surface area contributed by atoms with Crippen LogP contribution in [0.2, 0.25) is 5.02 Å². The Hall–Kier alpha value is -4.25. The van der Waals surface area contributed by atoms with Crippen LogP contribution in [-0.2, 0) is 11.8 Å². The maximum Gasteiger partial charge on any atom is 0.325 e. The quantitative estimate of drug-likeness (QED) is 0.344. The molecule has 1 N–H and O–H groups in total. The predicted octanol–water partition coefficient (Wildman–Crippen LogP) is 5.07. The number of aryl methyl sites for hydroxylation is 1. The van der Waals surface area contributed by atoms with Crippen molar-refractivity contribution >= 4 is 34.2 Å². The van der Waals surface area contributed by atoms with Gasteiger partial charge in [-0.2, -0.15) is 15.1 Å². The Morgan fingerprint density at radius 1 is 1.18 bits per heavy atom. The first-order valence-electron chi connectivity index (χ1n) is 12.1. The highest BCUT2D eigenvalue weighted by Gasteiger charge is 2.34. The van der Waals surface area contributed by atoms with E-state index in [-0.39, 0.29) is 51.1 Å². The normalized spacial score (nSPS) is 17.5. The van der Waals surface area contributed by atoms with Crippen molar-refractivity contribution in [2.45, 2.75) is 25.9 Å². The molecule has 3 heterocycles. The summed E-state index contributed by atoms with van der Waals surface area (Å²) in [6.07, 6.45) is 2.80. The van der Waals surface area contributed by atoms with E-state index in [0.717, 1.165) is 6.07 Å². The summed E-state index contributed by atoms with van der Waals surface area (Å²) < 4.78 is 38.3. The third kappa shape index (κ3) is 4.63. The number of rotatable bonds is 5. The van der Waals surface area contributed by atoms with E-state index >= 15 is 4.39 Å². The van der Waals surface area contributed by atoms with Crippen molar-refractivity contribution in [2.75, 3.05) is 18.0 Å². The Balaban J connectivity index is 1.72. The molecule has 1 aliphatic rings. The summed E-state index contributed by atoms with van der Waals surface area (Å²) in [5.74, 6) is -1.82. The molecule has 12 heteroatoms. The van der Waals surface area contributed by atoms with E-state index in [9.17, 15) is 14.3 Å². The molecule has 0 unspecified atom stereocenters. The molecule has 202 valence electrons. The van der Waals surface area contributed by atoms with Crippen LogP contribution in [0.4, 0.5) is 14.6 Å². The number of carbonyl (C=O) groups excluding carboxylic acids is 1. The van der Waals surface area contributed by atoms with Gasteiger partial charge in [-0.1, -0.05) is 24.2 Å². The number of nitrogens with zero attached hydrogens (tertiary/aromatic N) is 6. The number of carbonyl (C=O) groups is 1. The van der Waals surface area contributed by atoms with Gasteiger partial charge in [0.25, 0.3) is 0 Å². The highest BCUT2D eigenvalue weighted by Crippen LogP contribution is 2.43. The molecular weight excluding hydrogens is 530 g/mol. The highest BCUT2D eigenvalue weighted by atomic mass is 35.5. The van der Waals surface area contributed by atoms with Gasteiger partial charge >= 0.3 is 6.01 Å². The molecule has 9 nitrogen and oxygen atoms in total. The molecule has 0 saturated carbocycles. The van der Waals surface area contributed by atoms with Crippen LogP contribution in [0.3, 0.4) is 0 Å². The molecule has 0 spiro atoms. The minimum absolute atomic E-state index is 0.133. The van der Waals surface area contributed by atoms with Crippen LogP contribution in [0.25, 0.3) is 22.0 Å².